The van der Waals surface area contributed by atoms with Crippen LogP contribution in [0, 0.1) is 0 Å². The van der Waals surface area contributed by atoms with Gasteiger partial charge in [-0.15, -0.1) is 0 Å². The Balaban J connectivity index is 2.95. The molecule has 0 bridgehead atoms. The van der Waals surface area contributed by atoms with Crippen molar-refractivity contribution < 1.29 is 4.59 Å². The molecule has 1 rings (SSSR count). The molecule has 1 aliphatic rings. The molecule has 0 aromatic heterocycles. The van der Waals surface area contributed by atoms with Crippen molar-refractivity contribution in [1.82, 2.24) is 0 Å². The van der Waals surface area contributed by atoms with Gasteiger partial charge in [0.15, 0.2) is 0 Å². The molecular formula is C6H13N4+. The monoisotopic (exact) mass is 141 g/mol. The molecule has 0 amide bonds. The lowest BCUT2D eigenvalue weighted by atomic mass is 10.5. The van der Waals surface area contributed by atoms with Gasteiger partial charge in [0.25, 0.3) is 0 Å². The molecule has 0 fully saturated rings. The van der Waals surface area contributed by atoms with E-state index in [-0.39, 0.29) is 4.59 Å². The maximum atomic E-state index is 5.80. The summed E-state index contributed by atoms with van der Waals surface area (Å²) in [5, 5.41) is 0. The van der Waals surface area contributed by atoms with E-state index in [2.05, 4.69) is 0 Å². The van der Waals surface area contributed by atoms with Crippen molar-refractivity contribution in [1.29, 1.82) is 0 Å². The quantitative estimate of drug-likeness (QED) is 0.334. The van der Waals surface area contributed by atoms with Crippen LogP contribution < -0.4 is 17.3 Å². The Morgan fingerprint density at radius 3 is 1.90 bits per heavy atom. The van der Waals surface area contributed by atoms with Gasteiger partial charge in [-0.25, -0.2) is 0 Å². The maximum Gasteiger partial charge on any atom is 0.224 e. The molecule has 1 heterocycles. The first kappa shape index (κ1) is 7.11. The van der Waals surface area contributed by atoms with E-state index in [1.54, 1.807) is 12.2 Å². The Labute approximate surface area is 60.1 Å². The molecule has 10 heavy (non-hydrogen) atoms. The van der Waals surface area contributed by atoms with Crippen molar-refractivity contribution in [2.24, 2.45) is 17.3 Å². The molecule has 0 aromatic carbocycles. The van der Waals surface area contributed by atoms with Gasteiger partial charge < -0.3 is 11.5 Å². The number of hydrogen-bond donors (Lipinski definition) is 3. The van der Waals surface area contributed by atoms with Crippen LogP contribution in [0.5, 0.6) is 0 Å². The van der Waals surface area contributed by atoms with E-state index in [0.717, 1.165) is 0 Å². The molecule has 0 saturated carbocycles. The topological polar surface area (TPSA) is 78.1 Å². The van der Waals surface area contributed by atoms with Crippen LogP contribution in [0.1, 0.15) is 6.92 Å². The Bertz CT molecular complexity index is 186. The average Bonchev–Trinajstić information content (AvgIpc) is 2.18. The predicted octanol–water partition coefficient (Wildman–Crippen LogP) is -0.689. The summed E-state index contributed by atoms with van der Waals surface area (Å²) in [6, 6.07) is 0. The zero-order valence-corrected chi connectivity index (χ0v) is 6.04. The minimum absolute atomic E-state index is 0.0694. The van der Waals surface area contributed by atoms with Gasteiger partial charge in [-0.05, 0) is 6.92 Å². The highest BCUT2D eigenvalue weighted by molar-refractivity contribution is 5.15. The normalized spacial score (nSPS) is 22.2. The first-order valence-electron chi connectivity index (χ1n) is 3.22. The number of nitrogens with two attached hydrogens (primary N) is 3. The molecule has 0 spiro atoms. The number of quaternary nitrogens is 1. The van der Waals surface area contributed by atoms with Gasteiger partial charge in [0.1, 0.15) is 6.54 Å². The Morgan fingerprint density at radius 1 is 1.30 bits per heavy atom. The second-order valence-electron chi connectivity index (χ2n) is 2.37. The van der Waals surface area contributed by atoms with E-state index in [9.17, 15) is 0 Å². The minimum atomic E-state index is 0.0694. The lowest BCUT2D eigenvalue weighted by Crippen LogP contribution is -2.55. The van der Waals surface area contributed by atoms with Crippen molar-refractivity contribution in [2.45, 2.75) is 6.92 Å². The summed E-state index contributed by atoms with van der Waals surface area (Å²) in [6.07, 6.45) is 3.47. The highest BCUT2D eigenvalue weighted by atomic mass is 15.6. The highest BCUT2D eigenvalue weighted by Gasteiger charge is 2.32. The van der Waals surface area contributed by atoms with Crippen LogP contribution >= 0.6 is 0 Å². The molecule has 56 valence electrons. The fourth-order valence-corrected chi connectivity index (χ4v) is 0.951. The second-order valence-corrected chi connectivity index (χ2v) is 2.37. The number of allylic oxidation sites excluding steroid dienone is 2. The van der Waals surface area contributed by atoms with Crippen LogP contribution in [0.4, 0.5) is 0 Å². The number of nitrogens with zero attached hydrogens (tertiary/aromatic N) is 1. The molecule has 1 aliphatic heterocycles. The molecule has 4 nitrogen and oxygen atoms in total. The highest BCUT2D eigenvalue weighted by Crippen LogP contribution is 2.17. The van der Waals surface area contributed by atoms with Gasteiger partial charge in [0, 0.05) is 12.2 Å². The zero-order chi connectivity index (χ0) is 7.78. The van der Waals surface area contributed by atoms with E-state index in [1.165, 1.54) is 0 Å². The van der Waals surface area contributed by atoms with Gasteiger partial charge in [-0.2, -0.15) is 10.4 Å². The smallest absolute Gasteiger partial charge is 0.224 e. The van der Waals surface area contributed by atoms with E-state index in [1.807, 2.05) is 6.92 Å². The molecule has 4 heteroatoms. The molecule has 0 atom stereocenters. The van der Waals surface area contributed by atoms with Gasteiger partial charge in [-0.1, -0.05) is 0 Å². The van der Waals surface area contributed by atoms with Crippen LogP contribution in [0.3, 0.4) is 0 Å². The van der Waals surface area contributed by atoms with Crippen molar-refractivity contribution >= 4 is 0 Å². The summed E-state index contributed by atoms with van der Waals surface area (Å²) in [5.74, 6) is 6.99. The SMILES string of the molecule is CC[N+]1(N)C(N)=CC=C1N. The van der Waals surface area contributed by atoms with E-state index < -0.39 is 0 Å². The average molecular weight is 141 g/mol. The summed E-state index contributed by atoms with van der Waals surface area (Å²) >= 11 is 0. The number of hydrogen-bond acceptors (Lipinski definition) is 3. The standard InChI is InChI=1S/C6H13N4/c1-2-10(9)5(7)3-4-6(10)8/h3-4H,2,7-9H2,1H3/q+1. The van der Waals surface area contributed by atoms with E-state index in [4.69, 9.17) is 17.3 Å². The summed E-state index contributed by atoms with van der Waals surface area (Å²) in [4.78, 5) is 0. The van der Waals surface area contributed by atoms with Crippen LogP contribution in [0.15, 0.2) is 23.8 Å². The molecule has 0 saturated heterocycles. The first-order valence-corrected chi connectivity index (χ1v) is 3.22. The zero-order valence-electron chi connectivity index (χ0n) is 6.04. The van der Waals surface area contributed by atoms with E-state index >= 15 is 0 Å². The molecular weight excluding hydrogens is 128 g/mol. The molecule has 0 radical (unpaired) electrons. The molecule has 0 aromatic rings. The van der Waals surface area contributed by atoms with Crippen LogP contribution in [0.25, 0.3) is 0 Å². The van der Waals surface area contributed by atoms with Crippen LogP contribution in [0.2, 0.25) is 0 Å². The fourth-order valence-electron chi connectivity index (χ4n) is 0.951. The Morgan fingerprint density at radius 2 is 1.70 bits per heavy atom. The van der Waals surface area contributed by atoms with Gasteiger partial charge in [0.2, 0.25) is 11.6 Å². The summed E-state index contributed by atoms with van der Waals surface area (Å²) in [7, 11) is 0. The lowest BCUT2D eigenvalue weighted by molar-refractivity contribution is -0.864. The summed E-state index contributed by atoms with van der Waals surface area (Å²) in [6.45, 7) is 2.62. The molecule has 6 N–H and O–H groups in total. The Hall–Kier alpha value is -1.00. The van der Waals surface area contributed by atoms with Crippen molar-refractivity contribution in [3.8, 4) is 0 Å². The minimum Gasteiger partial charge on any atom is -0.353 e. The Kier molecular flexibility index (Phi) is 1.42. The summed E-state index contributed by atoms with van der Waals surface area (Å²) < 4.78 is 0.0694. The van der Waals surface area contributed by atoms with Crippen molar-refractivity contribution in [3.63, 3.8) is 0 Å². The van der Waals surface area contributed by atoms with Gasteiger partial charge in [0.05, 0.1) is 0 Å². The van der Waals surface area contributed by atoms with E-state index in [0.29, 0.717) is 18.2 Å². The molecule has 0 aliphatic carbocycles. The first-order chi connectivity index (χ1) is 4.61. The third-order valence-corrected chi connectivity index (χ3v) is 1.85. The van der Waals surface area contributed by atoms with Gasteiger partial charge in [-0.3, -0.25) is 0 Å². The summed E-state index contributed by atoms with van der Waals surface area (Å²) in [5.41, 5.74) is 11.2. The van der Waals surface area contributed by atoms with Crippen molar-refractivity contribution in [3.05, 3.63) is 23.8 Å². The second kappa shape index (κ2) is 2.00. The van der Waals surface area contributed by atoms with Crippen molar-refractivity contribution in [2.75, 3.05) is 6.54 Å². The fraction of sp³-hybridized carbons (Fsp3) is 0.333. The lowest BCUT2D eigenvalue weighted by Gasteiger charge is -2.26. The third kappa shape index (κ3) is 0.698. The largest absolute Gasteiger partial charge is 0.353 e. The third-order valence-electron chi connectivity index (χ3n) is 1.85. The maximum absolute atomic E-state index is 5.80. The predicted molar refractivity (Wildman–Crippen MR) is 39.5 cm³/mol. The number of rotatable bonds is 1. The molecule has 0 unspecified atom stereocenters. The van der Waals surface area contributed by atoms with Crippen LogP contribution in [-0.2, 0) is 0 Å². The van der Waals surface area contributed by atoms with Gasteiger partial charge >= 0.3 is 0 Å². The van der Waals surface area contributed by atoms with Crippen LogP contribution in [-0.4, -0.2) is 11.1 Å².